The zero-order valence-electron chi connectivity index (χ0n) is 11.7. The molecule has 6 heteroatoms. The van der Waals surface area contributed by atoms with Crippen molar-refractivity contribution < 1.29 is 9.53 Å². The minimum absolute atomic E-state index is 0.0385. The van der Waals surface area contributed by atoms with Crippen LogP contribution in [0, 0.1) is 13.8 Å². The van der Waals surface area contributed by atoms with Gasteiger partial charge in [-0.3, -0.25) is 10.1 Å². The molecule has 0 unspecified atom stereocenters. The van der Waals surface area contributed by atoms with Crippen LogP contribution < -0.4 is 10.1 Å². The number of ether oxygens (including phenoxy) is 1. The van der Waals surface area contributed by atoms with E-state index in [9.17, 15) is 4.79 Å². The second kappa shape index (κ2) is 4.63. The number of amides is 1. The molecule has 1 N–H and O–H groups in total. The highest BCUT2D eigenvalue weighted by molar-refractivity contribution is 5.91. The van der Waals surface area contributed by atoms with Crippen LogP contribution in [0.15, 0.2) is 18.5 Å². The van der Waals surface area contributed by atoms with Gasteiger partial charge in [0.15, 0.2) is 0 Å². The fourth-order valence-corrected chi connectivity index (χ4v) is 2.64. The van der Waals surface area contributed by atoms with E-state index in [1.54, 1.807) is 11.8 Å². The van der Waals surface area contributed by atoms with E-state index in [4.69, 9.17) is 4.74 Å². The molecular formula is C14H16N4O2. The number of fused-ring (bicyclic) bond motifs is 1. The Kier molecular flexibility index (Phi) is 2.93. The summed E-state index contributed by atoms with van der Waals surface area (Å²) < 4.78 is 7.09. The molecule has 1 aliphatic rings. The Morgan fingerprint density at radius 2 is 2.15 bits per heavy atom. The van der Waals surface area contributed by atoms with Crippen molar-refractivity contribution in [3.8, 4) is 5.75 Å². The highest BCUT2D eigenvalue weighted by Gasteiger charge is 2.29. The summed E-state index contributed by atoms with van der Waals surface area (Å²) in [6.45, 7) is 4.01. The van der Waals surface area contributed by atoms with Crippen LogP contribution in [0.4, 0.5) is 5.95 Å². The first-order valence-electron chi connectivity index (χ1n) is 6.44. The van der Waals surface area contributed by atoms with Gasteiger partial charge in [-0.15, -0.1) is 0 Å². The van der Waals surface area contributed by atoms with E-state index in [-0.39, 0.29) is 11.9 Å². The summed E-state index contributed by atoms with van der Waals surface area (Å²) in [5.41, 5.74) is 3.19. The van der Waals surface area contributed by atoms with Crippen LogP contribution in [0.5, 0.6) is 5.75 Å². The van der Waals surface area contributed by atoms with Crippen LogP contribution >= 0.6 is 0 Å². The smallest absolute Gasteiger partial charge is 0.229 e. The highest BCUT2D eigenvalue weighted by atomic mass is 16.5. The van der Waals surface area contributed by atoms with Crippen molar-refractivity contribution in [2.24, 2.45) is 0 Å². The number of carbonyl (C=O) groups excluding carboxylic acids is 1. The molecule has 0 spiro atoms. The number of hydrogen-bond donors (Lipinski definition) is 1. The topological polar surface area (TPSA) is 69.0 Å². The number of nitrogens with zero attached hydrogens (tertiary/aromatic N) is 3. The predicted octanol–water partition coefficient (Wildman–Crippen LogP) is 1.84. The van der Waals surface area contributed by atoms with Crippen molar-refractivity contribution in [2.75, 3.05) is 12.4 Å². The molecule has 3 rings (SSSR count). The molecule has 1 amide bonds. The molecule has 1 aliphatic heterocycles. The van der Waals surface area contributed by atoms with Gasteiger partial charge in [-0.1, -0.05) is 0 Å². The Morgan fingerprint density at radius 1 is 1.35 bits per heavy atom. The lowest BCUT2D eigenvalue weighted by molar-refractivity contribution is -0.117. The minimum atomic E-state index is -0.120. The zero-order chi connectivity index (χ0) is 14.3. The lowest BCUT2D eigenvalue weighted by Gasteiger charge is -2.25. The van der Waals surface area contributed by atoms with E-state index in [2.05, 4.69) is 21.5 Å². The van der Waals surface area contributed by atoms with Gasteiger partial charge < -0.3 is 4.74 Å². The first kappa shape index (κ1) is 12.7. The maximum absolute atomic E-state index is 11.8. The molecule has 1 atom stereocenters. The van der Waals surface area contributed by atoms with Gasteiger partial charge in [0.2, 0.25) is 11.9 Å². The van der Waals surface area contributed by atoms with Crippen molar-refractivity contribution >= 4 is 11.9 Å². The molecule has 6 nitrogen and oxygen atoms in total. The van der Waals surface area contributed by atoms with E-state index in [0.717, 1.165) is 22.4 Å². The summed E-state index contributed by atoms with van der Waals surface area (Å²) in [4.78, 5) is 15.9. The van der Waals surface area contributed by atoms with Crippen molar-refractivity contribution in [3.05, 3.63) is 35.2 Å². The van der Waals surface area contributed by atoms with Gasteiger partial charge in [0, 0.05) is 0 Å². The molecule has 0 saturated heterocycles. The Hall–Kier alpha value is -2.37. The van der Waals surface area contributed by atoms with Crippen LogP contribution in [0.3, 0.4) is 0 Å². The summed E-state index contributed by atoms with van der Waals surface area (Å²) >= 11 is 0. The number of anilines is 1. The van der Waals surface area contributed by atoms with Crippen molar-refractivity contribution in [2.45, 2.75) is 26.3 Å². The SMILES string of the molecule is COc1cc(C)c([C@@H]2CC(=O)Nc3ncnn32)cc1C. The summed E-state index contributed by atoms with van der Waals surface area (Å²) in [5.74, 6) is 1.31. The number of aryl methyl sites for hydroxylation is 2. The molecule has 20 heavy (non-hydrogen) atoms. The fraction of sp³-hybridized carbons (Fsp3) is 0.357. The third-order valence-corrected chi connectivity index (χ3v) is 3.64. The summed E-state index contributed by atoms with van der Waals surface area (Å²) in [7, 11) is 1.66. The second-order valence-electron chi connectivity index (χ2n) is 4.97. The molecule has 0 radical (unpaired) electrons. The standard InChI is InChI=1S/C14H16N4O2/c1-8-5-12(20-3)9(2)4-10(8)11-6-13(19)17-14-15-7-16-18(11)14/h4-5,7,11H,6H2,1-3H3,(H,15,16,17,19)/t11-/m0/s1. The highest BCUT2D eigenvalue weighted by Crippen LogP contribution is 2.33. The number of carbonyl (C=O) groups is 1. The Labute approximate surface area is 116 Å². The van der Waals surface area contributed by atoms with Crippen molar-refractivity contribution in [1.82, 2.24) is 14.8 Å². The molecule has 2 aromatic rings. The number of nitrogens with one attached hydrogen (secondary N) is 1. The van der Waals surface area contributed by atoms with Gasteiger partial charge in [0.1, 0.15) is 12.1 Å². The van der Waals surface area contributed by atoms with Gasteiger partial charge >= 0.3 is 0 Å². The normalized spacial score (nSPS) is 17.6. The number of benzene rings is 1. The maximum atomic E-state index is 11.8. The van der Waals surface area contributed by atoms with E-state index in [1.165, 1.54) is 6.33 Å². The second-order valence-corrected chi connectivity index (χ2v) is 4.97. The van der Waals surface area contributed by atoms with E-state index < -0.39 is 0 Å². The monoisotopic (exact) mass is 272 g/mol. The van der Waals surface area contributed by atoms with Gasteiger partial charge in [0.05, 0.1) is 19.6 Å². The van der Waals surface area contributed by atoms with Gasteiger partial charge in [0.25, 0.3) is 0 Å². The van der Waals surface area contributed by atoms with E-state index in [0.29, 0.717) is 12.4 Å². The largest absolute Gasteiger partial charge is 0.496 e. The fourth-order valence-electron chi connectivity index (χ4n) is 2.64. The first-order chi connectivity index (χ1) is 9.60. The summed E-state index contributed by atoms with van der Waals surface area (Å²) in [6, 6.07) is 3.93. The van der Waals surface area contributed by atoms with E-state index >= 15 is 0 Å². The maximum Gasteiger partial charge on any atom is 0.229 e. The molecule has 0 saturated carbocycles. The summed E-state index contributed by atoms with van der Waals surface area (Å²) in [5, 5.41) is 6.94. The lowest BCUT2D eigenvalue weighted by atomic mass is 9.95. The van der Waals surface area contributed by atoms with Crippen molar-refractivity contribution in [1.29, 1.82) is 0 Å². The average molecular weight is 272 g/mol. The number of methoxy groups -OCH3 is 1. The van der Waals surface area contributed by atoms with Crippen molar-refractivity contribution in [3.63, 3.8) is 0 Å². The van der Waals surface area contributed by atoms with Gasteiger partial charge in [-0.25, -0.2) is 4.68 Å². The van der Waals surface area contributed by atoms with Crippen LogP contribution in [0.25, 0.3) is 0 Å². The van der Waals surface area contributed by atoms with Crippen LogP contribution in [-0.2, 0) is 4.79 Å². The molecule has 1 aromatic carbocycles. The third kappa shape index (κ3) is 1.93. The molecule has 104 valence electrons. The van der Waals surface area contributed by atoms with Crippen LogP contribution in [0.2, 0.25) is 0 Å². The molecule has 0 aliphatic carbocycles. The lowest BCUT2D eigenvalue weighted by Crippen LogP contribution is -2.29. The first-order valence-corrected chi connectivity index (χ1v) is 6.44. The number of rotatable bonds is 2. The molecule has 2 heterocycles. The summed E-state index contributed by atoms with van der Waals surface area (Å²) in [6.07, 6.45) is 1.82. The predicted molar refractivity (Wildman–Crippen MR) is 73.9 cm³/mol. The van der Waals surface area contributed by atoms with Gasteiger partial charge in [-0.2, -0.15) is 10.1 Å². The zero-order valence-corrected chi connectivity index (χ0v) is 11.7. The Bertz CT molecular complexity index is 678. The van der Waals surface area contributed by atoms with Crippen LogP contribution in [-0.4, -0.2) is 27.8 Å². The minimum Gasteiger partial charge on any atom is -0.496 e. The average Bonchev–Trinajstić information content (AvgIpc) is 2.88. The van der Waals surface area contributed by atoms with Crippen LogP contribution in [0.1, 0.15) is 29.2 Å². The Morgan fingerprint density at radius 3 is 2.90 bits per heavy atom. The molecule has 1 aromatic heterocycles. The third-order valence-electron chi connectivity index (χ3n) is 3.64. The molecular weight excluding hydrogens is 256 g/mol. The van der Waals surface area contributed by atoms with E-state index in [1.807, 2.05) is 19.9 Å². The van der Waals surface area contributed by atoms with Gasteiger partial charge in [-0.05, 0) is 42.7 Å². The quantitative estimate of drug-likeness (QED) is 0.905. The molecule has 0 fully saturated rings. The Balaban J connectivity index is 2.10. The number of hydrogen-bond acceptors (Lipinski definition) is 4. The number of aromatic nitrogens is 3. The molecule has 0 bridgehead atoms.